The van der Waals surface area contributed by atoms with Crippen LogP contribution in [0.25, 0.3) is 0 Å². The van der Waals surface area contributed by atoms with Gasteiger partial charge in [0.2, 0.25) is 0 Å². The summed E-state index contributed by atoms with van der Waals surface area (Å²) in [6, 6.07) is 8.63. The summed E-state index contributed by atoms with van der Waals surface area (Å²) in [7, 11) is 8.25. The second-order valence-corrected chi connectivity index (χ2v) is 5.88. The van der Waals surface area contributed by atoms with Gasteiger partial charge in [0.1, 0.15) is 0 Å². The molecule has 1 rings (SSSR count). The molecular weight excluding hydrogens is 268 g/mol. The van der Waals surface area contributed by atoms with Crippen molar-refractivity contribution in [3.8, 4) is 0 Å². The van der Waals surface area contributed by atoms with E-state index in [1.807, 2.05) is 14.1 Å². The van der Waals surface area contributed by atoms with Gasteiger partial charge in [0, 0.05) is 26.2 Å². The first-order valence-electron chi connectivity index (χ1n) is 6.86. The molecule has 1 aromatic rings. The highest BCUT2D eigenvalue weighted by atomic mass is 32.1. The number of rotatable bonds is 7. The molecule has 0 saturated carbocycles. The molecule has 0 fully saturated rings. The highest BCUT2D eigenvalue weighted by Gasteiger charge is 1.99. The van der Waals surface area contributed by atoms with Crippen molar-refractivity contribution in [1.82, 2.24) is 20.4 Å². The summed E-state index contributed by atoms with van der Waals surface area (Å²) >= 11 is 5.24. The van der Waals surface area contributed by atoms with Crippen molar-refractivity contribution in [2.75, 3.05) is 41.3 Å². The molecule has 0 spiro atoms. The molecule has 20 heavy (non-hydrogen) atoms. The molecule has 112 valence electrons. The molecule has 0 unspecified atom stereocenters. The third-order valence-corrected chi connectivity index (χ3v) is 3.11. The maximum atomic E-state index is 5.24. The zero-order valence-corrected chi connectivity index (χ0v) is 13.8. The first-order valence-corrected chi connectivity index (χ1v) is 7.27. The molecule has 0 heterocycles. The fourth-order valence-electron chi connectivity index (χ4n) is 1.77. The average Bonchev–Trinajstić information content (AvgIpc) is 2.37. The van der Waals surface area contributed by atoms with Crippen LogP contribution in [0.3, 0.4) is 0 Å². The summed E-state index contributed by atoms with van der Waals surface area (Å²) in [6.07, 6.45) is 0. The predicted molar refractivity (Wildman–Crippen MR) is 89.8 cm³/mol. The highest BCUT2D eigenvalue weighted by molar-refractivity contribution is 7.80. The van der Waals surface area contributed by atoms with Crippen LogP contribution in [-0.4, -0.2) is 56.2 Å². The Hall–Kier alpha value is -1.17. The fraction of sp³-hybridized carbons (Fsp3) is 0.533. The quantitative estimate of drug-likeness (QED) is 0.740. The molecule has 0 aliphatic rings. The third-order valence-electron chi connectivity index (χ3n) is 2.82. The molecule has 0 aromatic heterocycles. The monoisotopic (exact) mass is 294 g/mol. The normalized spacial score (nSPS) is 10.9. The zero-order chi connectivity index (χ0) is 15.0. The van der Waals surface area contributed by atoms with E-state index in [2.05, 4.69) is 58.8 Å². The molecule has 4 nitrogen and oxygen atoms in total. The van der Waals surface area contributed by atoms with Crippen molar-refractivity contribution in [3.05, 3.63) is 35.4 Å². The Bertz CT molecular complexity index is 401. The lowest BCUT2D eigenvalue weighted by molar-refractivity contribution is 0.402. The minimum absolute atomic E-state index is 0.712. The standard InChI is InChI=1S/C15H26N4S/c1-18(2)10-9-16-15(20)17-11-13-5-7-14(8-6-13)12-19(3)4/h5-8H,9-12H2,1-4H3,(H2,16,17,20). The molecule has 0 atom stereocenters. The number of nitrogens with one attached hydrogen (secondary N) is 2. The third kappa shape index (κ3) is 7.43. The fourth-order valence-corrected chi connectivity index (χ4v) is 1.94. The first kappa shape index (κ1) is 16.9. The second-order valence-electron chi connectivity index (χ2n) is 5.47. The van der Waals surface area contributed by atoms with Crippen LogP contribution < -0.4 is 10.6 Å². The Morgan fingerprint density at radius 1 is 0.950 bits per heavy atom. The lowest BCUT2D eigenvalue weighted by atomic mass is 10.1. The van der Waals surface area contributed by atoms with E-state index in [9.17, 15) is 0 Å². The minimum Gasteiger partial charge on any atom is -0.361 e. The summed E-state index contributed by atoms with van der Waals surface area (Å²) in [5.74, 6) is 0. The molecular formula is C15H26N4S. The van der Waals surface area contributed by atoms with Gasteiger partial charge in [-0.1, -0.05) is 24.3 Å². The SMILES string of the molecule is CN(C)CCNC(=S)NCc1ccc(CN(C)C)cc1. The summed E-state index contributed by atoms with van der Waals surface area (Å²) in [6.45, 7) is 3.57. The van der Waals surface area contributed by atoms with Crippen LogP contribution in [0.4, 0.5) is 0 Å². The van der Waals surface area contributed by atoms with Gasteiger partial charge in [-0.2, -0.15) is 0 Å². The molecule has 0 aliphatic heterocycles. The van der Waals surface area contributed by atoms with E-state index in [0.29, 0.717) is 5.11 Å². The van der Waals surface area contributed by atoms with Crippen LogP contribution in [0.15, 0.2) is 24.3 Å². The average molecular weight is 294 g/mol. The van der Waals surface area contributed by atoms with Crippen LogP contribution in [0, 0.1) is 0 Å². The highest BCUT2D eigenvalue weighted by Crippen LogP contribution is 2.05. The van der Waals surface area contributed by atoms with Gasteiger partial charge in [0.15, 0.2) is 5.11 Å². The second kappa shape index (κ2) is 8.89. The van der Waals surface area contributed by atoms with Crippen molar-refractivity contribution in [3.63, 3.8) is 0 Å². The first-order chi connectivity index (χ1) is 9.47. The Balaban J connectivity index is 2.29. The summed E-state index contributed by atoms with van der Waals surface area (Å²) in [5.41, 5.74) is 2.56. The van der Waals surface area contributed by atoms with Gasteiger partial charge < -0.3 is 20.4 Å². The van der Waals surface area contributed by atoms with E-state index in [-0.39, 0.29) is 0 Å². The van der Waals surface area contributed by atoms with Crippen LogP contribution in [0.1, 0.15) is 11.1 Å². The van der Waals surface area contributed by atoms with Crippen LogP contribution in [0.5, 0.6) is 0 Å². The lowest BCUT2D eigenvalue weighted by Gasteiger charge is -2.14. The van der Waals surface area contributed by atoms with Gasteiger partial charge >= 0.3 is 0 Å². The zero-order valence-electron chi connectivity index (χ0n) is 12.9. The maximum absolute atomic E-state index is 5.24. The number of thiocarbonyl (C=S) groups is 1. The smallest absolute Gasteiger partial charge is 0.166 e. The lowest BCUT2D eigenvalue weighted by Crippen LogP contribution is -2.38. The minimum atomic E-state index is 0.712. The Labute approximate surface area is 128 Å². The number of nitrogens with zero attached hydrogens (tertiary/aromatic N) is 2. The van der Waals surface area contributed by atoms with Crippen molar-refractivity contribution < 1.29 is 0 Å². The molecule has 0 radical (unpaired) electrons. The van der Waals surface area contributed by atoms with E-state index in [1.54, 1.807) is 0 Å². The van der Waals surface area contributed by atoms with Crippen molar-refractivity contribution >= 4 is 17.3 Å². The maximum Gasteiger partial charge on any atom is 0.166 e. The Kier molecular flexibility index (Phi) is 7.51. The molecule has 5 heteroatoms. The molecule has 1 aromatic carbocycles. The Morgan fingerprint density at radius 2 is 1.55 bits per heavy atom. The summed E-state index contributed by atoms with van der Waals surface area (Å²) < 4.78 is 0. The van der Waals surface area contributed by atoms with Gasteiger partial charge in [-0.05, 0) is 51.5 Å². The predicted octanol–water partition coefficient (Wildman–Crippen LogP) is 1.27. The van der Waals surface area contributed by atoms with Gasteiger partial charge in [0.25, 0.3) is 0 Å². The number of benzene rings is 1. The van der Waals surface area contributed by atoms with Gasteiger partial charge in [0.05, 0.1) is 0 Å². The molecule has 0 aliphatic carbocycles. The molecule has 0 bridgehead atoms. The number of hydrogen-bond acceptors (Lipinski definition) is 3. The van der Waals surface area contributed by atoms with Gasteiger partial charge in [-0.25, -0.2) is 0 Å². The van der Waals surface area contributed by atoms with E-state index in [0.717, 1.165) is 26.2 Å². The van der Waals surface area contributed by atoms with Crippen molar-refractivity contribution in [2.24, 2.45) is 0 Å². The van der Waals surface area contributed by atoms with Gasteiger partial charge in [-0.15, -0.1) is 0 Å². The topological polar surface area (TPSA) is 30.5 Å². The molecule has 0 amide bonds. The van der Waals surface area contributed by atoms with E-state index >= 15 is 0 Å². The largest absolute Gasteiger partial charge is 0.361 e. The summed E-state index contributed by atoms with van der Waals surface area (Å²) in [5, 5.41) is 7.13. The van der Waals surface area contributed by atoms with Crippen LogP contribution >= 0.6 is 12.2 Å². The van der Waals surface area contributed by atoms with Gasteiger partial charge in [-0.3, -0.25) is 0 Å². The summed E-state index contributed by atoms with van der Waals surface area (Å²) in [4.78, 5) is 4.29. The van der Waals surface area contributed by atoms with E-state index in [1.165, 1.54) is 11.1 Å². The molecule has 0 saturated heterocycles. The van der Waals surface area contributed by atoms with Crippen LogP contribution in [-0.2, 0) is 13.1 Å². The molecule has 2 N–H and O–H groups in total. The number of hydrogen-bond donors (Lipinski definition) is 2. The van der Waals surface area contributed by atoms with Crippen molar-refractivity contribution in [1.29, 1.82) is 0 Å². The van der Waals surface area contributed by atoms with E-state index < -0.39 is 0 Å². The number of likely N-dealkylation sites (N-methyl/N-ethyl adjacent to an activating group) is 1. The van der Waals surface area contributed by atoms with Crippen LogP contribution in [0.2, 0.25) is 0 Å². The Morgan fingerprint density at radius 3 is 2.10 bits per heavy atom. The van der Waals surface area contributed by atoms with E-state index in [4.69, 9.17) is 12.2 Å². The van der Waals surface area contributed by atoms with Crippen molar-refractivity contribution in [2.45, 2.75) is 13.1 Å².